The Labute approximate surface area is 128 Å². The van der Waals surface area contributed by atoms with E-state index in [1.807, 2.05) is 20.8 Å². The van der Waals surface area contributed by atoms with Gasteiger partial charge in [-0.1, -0.05) is 13.0 Å². The third kappa shape index (κ3) is 3.30. The fraction of sp³-hybridized carbons (Fsp3) is 0.438. The Bertz CT molecular complexity index is 637. The number of thiazole rings is 1. The summed E-state index contributed by atoms with van der Waals surface area (Å²) in [5.41, 5.74) is 1.37. The summed E-state index contributed by atoms with van der Waals surface area (Å²) < 4.78 is 28.7. The van der Waals surface area contributed by atoms with Crippen LogP contribution in [0.1, 0.15) is 46.1 Å². The molecular formula is C16H20F2N2S. The van der Waals surface area contributed by atoms with Crippen molar-refractivity contribution in [2.45, 2.75) is 40.2 Å². The molecule has 114 valence electrons. The van der Waals surface area contributed by atoms with Crippen LogP contribution in [-0.4, -0.2) is 11.5 Å². The van der Waals surface area contributed by atoms with E-state index in [2.05, 4.69) is 10.3 Å². The van der Waals surface area contributed by atoms with E-state index < -0.39 is 17.7 Å². The van der Waals surface area contributed by atoms with Crippen LogP contribution >= 0.6 is 11.3 Å². The second-order valence-corrected chi connectivity index (χ2v) is 6.40. The summed E-state index contributed by atoms with van der Waals surface area (Å²) in [5, 5.41) is 4.16. The number of aryl methyl sites for hydroxylation is 3. The average Bonchev–Trinajstić information content (AvgIpc) is 2.77. The van der Waals surface area contributed by atoms with Gasteiger partial charge < -0.3 is 5.32 Å². The van der Waals surface area contributed by atoms with E-state index in [-0.39, 0.29) is 5.56 Å². The third-order valence-electron chi connectivity index (χ3n) is 3.41. The highest BCUT2D eigenvalue weighted by molar-refractivity contribution is 7.11. The molecule has 0 saturated carbocycles. The number of halogens is 2. The van der Waals surface area contributed by atoms with Gasteiger partial charge in [-0.05, 0) is 45.4 Å². The van der Waals surface area contributed by atoms with Gasteiger partial charge in [0.25, 0.3) is 0 Å². The van der Waals surface area contributed by atoms with Crippen molar-refractivity contribution in [3.63, 3.8) is 0 Å². The van der Waals surface area contributed by atoms with Gasteiger partial charge in [0.2, 0.25) is 0 Å². The monoisotopic (exact) mass is 310 g/mol. The van der Waals surface area contributed by atoms with Crippen LogP contribution in [0.2, 0.25) is 0 Å². The molecule has 1 N–H and O–H groups in total. The lowest BCUT2D eigenvalue weighted by molar-refractivity contribution is 0.501. The summed E-state index contributed by atoms with van der Waals surface area (Å²) in [4.78, 5) is 5.26. The maximum atomic E-state index is 14.5. The van der Waals surface area contributed by atoms with Gasteiger partial charge in [-0.3, -0.25) is 0 Å². The van der Waals surface area contributed by atoms with Gasteiger partial charge in [0.1, 0.15) is 11.6 Å². The van der Waals surface area contributed by atoms with Crippen LogP contribution in [0.3, 0.4) is 0 Å². The lowest BCUT2D eigenvalue weighted by Crippen LogP contribution is -2.25. The molecule has 2 rings (SSSR count). The average molecular weight is 310 g/mol. The summed E-state index contributed by atoms with van der Waals surface area (Å²) in [7, 11) is 0. The molecule has 0 aliphatic heterocycles. The lowest BCUT2D eigenvalue weighted by Gasteiger charge is -2.20. The number of benzene rings is 1. The van der Waals surface area contributed by atoms with E-state index in [1.165, 1.54) is 23.5 Å². The molecule has 2 aromatic rings. The minimum Gasteiger partial charge on any atom is -0.305 e. The normalized spacial score (nSPS) is 12.7. The molecule has 0 aliphatic carbocycles. The van der Waals surface area contributed by atoms with E-state index in [0.29, 0.717) is 12.1 Å². The minimum atomic E-state index is -0.517. The van der Waals surface area contributed by atoms with E-state index >= 15 is 0 Å². The largest absolute Gasteiger partial charge is 0.305 e. The Kier molecular flexibility index (Phi) is 5.06. The Hall–Kier alpha value is -1.33. The Morgan fingerprint density at radius 2 is 1.95 bits per heavy atom. The number of aromatic nitrogens is 1. The topological polar surface area (TPSA) is 24.9 Å². The molecule has 5 heteroatoms. The predicted octanol–water partition coefficient (Wildman–Crippen LogP) is 4.44. The number of nitrogens with zero attached hydrogens (tertiary/aromatic N) is 1. The minimum absolute atomic E-state index is 0.0928. The van der Waals surface area contributed by atoms with Gasteiger partial charge in [-0.2, -0.15) is 0 Å². The molecule has 0 fully saturated rings. The SMILES string of the molecule is CCCNC(c1sc(C)nc1C)c1c(F)ccc(C)c1F. The lowest BCUT2D eigenvalue weighted by atomic mass is 10.00. The zero-order valence-electron chi connectivity index (χ0n) is 12.8. The fourth-order valence-electron chi connectivity index (χ4n) is 2.37. The van der Waals surface area contributed by atoms with Crippen LogP contribution in [0.5, 0.6) is 0 Å². The van der Waals surface area contributed by atoms with Crippen LogP contribution in [0, 0.1) is 32.4 Å². The van der Waals surface area contributed by atoms with Gasteiger partial charge in [0.15, 0.2) is 0 Å². The maximum absolute atomic E-state index is 14.5. The van der Waals surface area contributed by atoms with Gasteiger partial charge in [-0.25, -0.2) is 13.8 Å². The quantitative estimate of drug-likeness (QED) is 0.883. The van der Waals surface area contributed by atoms with Crippen molar-refractivity contribution in [3.05, 3.63) is 50.5 Å². The second kappa shape index (κ2) is 6.62. The number of rotatable bonds is 5. The first kappa shape index (κ1) is 16.0. The smallest absolute Gasteiger partial charge is 0.134 e. The third-order valence-corrected chi connectivity index (χ3v) is 4.55. The zero-order valence-corrected chi connectivity index (χ0v) is 13.6. The van der Waals surface area contributed by atoms with Crippen LogP contribution in [-0.2, 0) is 0 Å². The molecule has 1 atom stereocenters. The fourth-order valence-corrected chi connectivity index (χ4v) is 3.39. The molecule has 1 aromatic heterocycles. The van der Waals surface area contributed by atoms with E-state index in [9.17, 15) is 8.78 Å². The standard InChI is InChI=1S/C16H20F2N2S/c1-5-8-19-15(16-10(3)20-11(4)21-16)13-12(17)7-6-9(2)14(13)18/h6-7,15,19H,5,8H2,1-4H3. The van der Waals surface area contributed by atoms with Gasteiger partial charge in [-0.15, -0.1) is 11.3 Å². The molecule has 1 unspecified atom stereocenters. The number of hydrogen-bond acceptors (Lipinski definition) is 3. The van der Waals surface area contributed by atoms with Gasteiger partial charge in [0.05, 0.1) is 16.7 Å². The van der Waals surface area contributed by atoms with E-state index in [4.69, 9.17) is 0 Å². The summed E-state index contributed by atoms with van der Waals surface area (Å²) in [5.74, 6) is -0.994. The molecule has 0 aliphatic rings. The highest BCUT2D eigenvalue weighted by Gasteiger charge is 2.26. The molecule has 1 aromatic carbocycles. The van der Waals surface area contributed by atoms with Gasteiger partial charge in [0, 0.05) is 10.4 Å². The first-order chi connectivity index (χ1) is 9.95. The van der Waals surface area contributed by atoms with Crippen LogP contribution in [0.15, 0.2) is 12.1 Å². The van der Waals surface area contributed by atoms with E-state index in [0.717, 1.165) is 22.0 Å². The molecule has 0 saturated heterocycles. The summed E-state index contributed by atoms with van der Waals surface area (Å²) in [6.07, 6.45) is 0.891. The molecule has 1 heterocycles. The van der Waals surface area contributed by atoms with Crippen LogP contribution in [0.4, 0.5) is 8.78 Å². The van der Waals surface area contributed by atoms with Crippen molar-refractivity contribution >= 4 is 11.3 Å². The molecule has 0 bridgehead atoms. The molecule has 2 nitrogen and oxygen atoms in total. The molecular weight excluding hydrogens is 290 g/mol. The van der Waals surface area contributed by atoms with Crippen molar-refractivity contribution in [1.29, 1.82) is 0 Å². The molecule has 0 spiro atoms. The summed E-state index contributed by atoms with van der Waals surface area (Å²) in [6, 6.07) is 2.31. The molecule has 0 amide bonds. The predicted molar refractivity (Wildman–Crippen MR) is 82.8 cm³/mol. The van der Waals surface area contributed by atoms with Crippen LogP contribution < -0.4 is 5.32 Å². The van der Waals surface area contributed by atoms with Gasteiger partial charge >= 0.3 is 0 Å². The first-order valence-electron chi connectivity index (χ1n) is 7.07. The van der Waals surface area contributed by atoms with Crippen molar-refractivity contribution in [2.75, 3.05) is 6.54 Å². The maximum Gasteiger partial charge on any atom is 0.134 e. The molecule has 21 heavy (non-hydrogen) atoms. The van der Waals surface area contributed by atoms with Crippen molar-refractivity contribution < 1.29 is 8.78 Å². The molecule has 0 radical (unpaired) electrons. The summed E-state index contributed by atoms with van der Waals surface area (Å²) >= 11 is 1.48. The highest BCUT2D eigenvalue weighted by atomic mass is 32.1. The second-order valence-electron chi connectivity index (χ2n) is 5.16. The van der Waals surface area contributed by atoms with Crippen molar-refractivity contribution in [2.24, 2.45) is 0 Å². The Morgan fingerprint density at radius 3 is 2.52 bits per heavy atom. The summed E-state index contributed by atoms with van der Waals surface area (Å²) in [6.45, 7) is 8.15. The van der Waals surface area contributed by atoms with Crippen molar-refractivity contribution in [1.82, 2.24) is 10.3 Å². The first-order valence-corrected chi connectivity index (χ1v) is 7.89. The van der Waals surface area contributed by atoms with E-state index in [1.54, 1.807) is 6.92 Å². The Morgan fingerprint density at radius 1 is 1.24 bits per heavy atom. The Balaban J connectivity index is 2.56. The zero-order chi connectivity index (χ0) is 15.6. The van der Waals surface area contributed by atoms with Crippen molar-refractivity contribution in [3.8, 4) is 0 Å². The number of hydrogen-bond donors (Lipinski definition) is 1. The highest BCUT2D eigenvalue weighted by Crippen LogP contribution is 2.33. The number of nitrogens with one attached hydrogen (secondary N) is 1. The van der Waals surface area contributed by atoms with Crippen LogP contribution in [0.25, 0.3) is 0 Å².